The van der Waals surface area contributed by atoms with E-state index in [0.717, 1.165) is 12.0 Å². The van der Waals surface area contributed by atoms with E-state index < -0.39 is 15.4 Å². The summed E-state index contributed by atoms with van der Waals surface area (Å²) < 4.78 is 27.3. The Labute approximate surface area is 164 Å². The predicted molar refractivity (Wildman–Crippen MR) is 104 cm³/mol. The fourth-order valence-corrected chi connectivity index (χ4v) is 6.05. The van der Waals surface area contributed by atoms with Crippen molar-refractivity contribution in [2.45, 2.75) is 31.1 Å². The molecule has 1 unspecified atom stereocenters. The van der Waals surface area contributed by atoms with Gasteiger partial charge in [-0.2, -0.15) is 9.57 Å². The summed E-state index contributed by atoms with van der Waals surface area (Å²) in [4.78, 5) is 0.0359. The maximum atomic E-state index is 12.9. The Hall–Kier alpha value is -1.32. The third-order valence-corrected chi connectivity index (χ3v) is 8.00. The second-order valence-corrected chi connectivity index (χ2v) is 9.51. The molecule has 1 saturated heterocycles. The normalized spacial score (nSPS) is 24.9. The number of sulfonamides is 1. The summed E-state index contributed by atoms with van der Waals surface area (Å²) in [6.07, 6.45) is 8.19. The molecule has 1 fully saturated rings. The number of nitriles is 1. The quantitative estimate of drug-likeness (QED) is 0.671. The lowest BCUT2D eigenvalue weighted by Crippen LogP contribution is -2.43. The van der Waals surface area contributed by atoms with Crippen molar-refractivity contribution in [3.8, 4) is 6.07 Å². The van der Waals surface area contributed by atoms with E-state index in [2.05, 4.69) is 12.1 Å². The third-order valence-electron chi connectivity index (χ3n) is 5.39. The summed E-state index contributed by atoms with van der Waals surface area (Å²) >= 11 is 12.0. The zero-order valence-corrected chi connectivity index (χ0v) is 16.8. The molecule has 0 saturated carbocycles. The molecule has 1 aliphatic heterocycles. The highest BCUT2D eigenvalue weighted by molar-refractivity contribution is 7.89. The van der Waals surface area contributed by atoms with E-state index in [1.54, 1.807) is 6.07 Å². The number of nitrogens with zero attached hydrogens (tertiary/aromatic N) is 2. The number of hydrogen-bond acceptors (Lipinski definition) is 3. The van der Waals surface area contributed by atoms with Crippen LogP contribution in [0, 0.1) is 22.7 Å². The molecule has 2 aliphatic rings. The van der Waals surface area contributed by atoms with Gasteiger partial charge in [0.2, 0.25) is 10.0 Å². The number of rotatable bonds is 3. The highest BCUT2D eigenvalue weighted by atomic mass is 35.5. The van der Waals surface area contributed by atoms with Crippen molar-refractivity contribution in [2.24, 2.45) is 11.3 Å². The van der Waals surface area contributed by atoms with Crippen molar-refractivity contribution in [3.05, 3.63) is 52.0 Å². The van der Waals surface area contributed by atoms with Gasteiger partial charge in [-0.25, -0.2) is 8.42 Å². The second kappa shape index (κ2) is 7.36. The minimum atomic E-state index is -3.71. The Bertz CT molecular complexity index is 910. The Morgan fingerprint density at radius 3 is 2.58 bits per heavy atom. The lowest BCUT2D eigenvalue weighted by atomic mass is 9.66. The molecule has 1 atom stereocenters. The number of piperidine rings is 1. The summed E-state index contributed by atoms with van der Waals surface area (Å²) in [6, 6.07) is 6.93. The second-order valence-electron chi connectivity index (χ2n) is 6.76. The first-order chi connectivity index (χ1) is 12.3. The summed E-state index contributed by atoms with van der Waals surface area (Å²) in [5.74, 6) is 0.0987. The molecule has 1 heterocycles. The average molecular weight is 411 g/mol. The number of hydrogen-bond donors (Lipinski definition) is 0. The molecule has 26 heavy (non-hydrogen) atoms. The molecule has 0 N–H and O–H groups in total. The molecule has 1 aliphatic carbocycles. The van der Waals surface area contributed by atoms with Crippen molar-refractivity contribution in [2.75, 3.05) is 13.1 Å². The number of allylic oxidation sites excluding steroid dienone is 4. The van der Waals surface area contributed by atoms with Gasteiger partial charge in [0, 0.05) is 18.1 Å². The van der Waals surface area contributed by atoms with E-state index in [1.165, 1.54) is 16.4 Å². The Morgan fingerprint density at radius 1 is 1.27 bits per heavy atom. The maximum Gasteiger partial charge on any atom is 0.244 e. The number of halogens is 2. The minimum Gasteiger partial charge on any atom is -0.207 e. The van der Waals surface area contributed by atoms with Gasteiger partial charge in [0.1, 0.15) is 4.90 Å². The molecule has 0 aromatic heterocycles. The van der Waals surface area contributed by atoms with Gasteiger partial charge in [0.05, 0.1) is 16.5 Å². The van der Waals surface area contributed by atoms with E-state index in [9.17, 15) is 13.7 Å². The largest absolute Gasteiger partial charge is 0.244 e. The number of benzene rings is 1. The zero-order chi connectivity index (χ0) is 18.9. The van der Waals surface area contributed by atoms with Gasteiger partial charge in [0.15, 0.2) is 0 Å². The van der Waals surface area contributed by atoms with Crippen molar-refractivity contribution >= 4 is 33.2 Å². The monoisotopic (exact) mass is 410 g/mol. The van der Waals surface area contributed by atoms with Crippen LogP contribution in [0.5, 0.6) is 0 Å². The smallest absolute Gasteiger partial charge is 0.207 e. The molecule has 0 bridgehead atoms. The van der Waals surface area contributed by atoms with Crippen LogP contribution in [0.4, 0.5) is 0 Å². The Balaban J connectivity index is 1.81. The molecule has 1 aromatic rings. The van der Waals surface area contributed by atoms with Gasteiger partial charge in [-0.1, -0.05) is 47.0 Å². The first kappa shape index (κ1) is 19.4. The summed E-state index contributed by atoms with van der Waals surface area (Å²) in [6.45, 7) is 2.71. The standard InChI is InChI=1S/C19H20Cl2N2O2S/c1-14-4-2-3-9-19(14,13-22)15-7-10-23(11-8-15)26(24,25)18-12-16(20)5-6-17(18)21/h3-6,9,12,15H,2,7-8,10-11H2,1H3. The molecule has 138 valence electrons. The lowest BCUT2D eigenvalue weighted by molar-refractivity contribution is 0.211. The van der Waals surface area contributed by atoms with Gasteiger partial charge < -0.3 is 0 Å². The average Bonchev–Trinajstić information content (AvgIpc) is 2.64. The van der Waals surface area contributed by atoms with Crippen LogP contribution in [0.3, 0.4) is 0 Å². The fourth-order valence-electron chi connectivity index (χ4n) is 3.84. The van der Waals surface area contributed by atoms with E-state index in [0.29, 0.717) is 31.0 Å². The van der Waals surface area contributed by atoms with Gasteiger partial charge >= 0.3 is 0 Å². The van der Waals surface area contributed by atoms with Gasteiger partial charge in [-0.3, -0.25) is 0 Å². The van der Waals surface area contributed by atoms with E-state index >= 15 is 0 Å². The highest BCUT2D eigenvalue weighted by Crippen LogP contribution is 2.45. The maximum absolute atomic E-state index is 12.9. The zero-order valence-electron chi connectivity index (χ0n) is 14.5. The van der Waals surface area contributed by atoms with E-state index in [1.807, 2.05) is 19.1 Å². The van der Waals surface area contributed by atoms with Crippen molar-refractivity contribution in [3.63, 3.8) is 0 Å². The van der Waals surface area contributed by atoms with Crippen LogP contribution in [0.15, 0.2) is 46.9 Å². The van der Waals surface area contributed by atoms with Gasteiger partial charge in [-0.15, -0.1) is 0 Å². The summed E-state index contributed by atoms with van der Waals surface area (Å²) in [7, 11) is -3.71. The molecule has 0 radical (unpaired) electrons. The van der Waals surface area contributed by atoms with Crippen LogP contribution in [-0.2, 0) is 10.0 Å². The third kappa shape index (κ3) is 3.32. The molecular weight excluding hydrogens is 391 g/mol. The van der Waals surface area contributed by atoms with Gasteiger partial charge in [0.25, 0.3) is 0 Å². The van der Waals surface area contributed by atoms with Crippen LogP contribution in [-0.4, -0.2) is 25.8 Å². The van der Waals surface area contributed by atoms with Crippen molar-refractivity contribution in [1.82, 2.24) is 4.31 Å². The molecule has 3 rings (SSSR count). The van der Waals surface area contributed by atoms with E-state index in [4.69, 9.17) is 23.2 Å². The van der Waals surface area contributed by atoms with Crippen LogP contribution in [0.1, 0.15) is 26.2 Å². The first-order valence-corrected chi connectivity index (χ1v) is 10.7. The lowest BCUT2D eigenvalue weighted by Gasteiger charge is -2.40. The first-order valence-electron chi connectivity index (χ1n) is 8.52. The predicted octanol–water partition coefficient (Wildman–Crippen LogP) is 4.81. The molecule has 0 amide bonds. The minimum absolute atomic E-state index is 0.0359. The van der Waals surface area contributed by atoms with Gasteiger partial charge in [-0.05, 0) is 50.3 Å². The van der Waals surface area contributed by atoms with Crippen LogP contribution in [0.2, 0.25) is 10.0 Å². The SMILES string of the molecule is CC1=CCC=CC1(C#N)C1CCN(S(=O)(=O)c2cc(Cl)ccc2Cl)CC1. The topological polar surface area (TPSA) is 61.2 Å². The summed E-state index contributed by atoms with van der Waals surface area (Å²) in [5, 5.41) is 10.3. The Morgan fingerprint density at radius 2 is 1.96 bits per heavy atom. The molecule has 0 spiro atoms. The van der Waals surface area contributed by atoms with Crippen molar-refractivity contribution < 1.29 is 8.42 Å². The molecule has 4 nitrogen and oxygen atoms in total. The fraction of sp³-hybridized carbons (Fsp3) is 0.421. The van der Waals surface area contributed by atoms with Crippen LogP contribution in [0.25, 0.3) is 0 Å². The highest BCUT2D eigenvalue weighted by Gasteiger charge is 2.42. The molecular formula is C19H20Cl2N2O2S. The molecule has 7 heteroatoms. The van der Waals surface area contributed by atoms with E-state index in [-0.39, 0.29) is 15.8 Å². The summed E-state index contributed by atoms with van der Waals surface area (Å²) in [5.41, 5.74) is 0.434. The molecule has 1 aromatic carbocycles. The van der Waals surface area contributed by atoms with Crippen LogP contribution >= 0.6 is 23.2 Å². The Kier molecular flexibility index (Phi) is 5.50. The van der Waals surface area contributed by atoms with Crippen LogP contribution < -0.4 is 0 Å². The van der Waals surface area contributed by atoms with Crippen molar-refractivity contribution in [1.29, 1.82) is 5.26 Å².